The molecule has 0 N–H and O–H groups in total. The van der Waals surface area contributed by atoms with Gasteiger partial charge in [-0.15, -0.1) is 0 Å². The fourth-order valence-electron chi connectivity index (χ4n) is 2.39. The normalized spacial score (nSPS) is 11.4. The van der Waals surface area contributed by atoms with Crippen LogP contribution in [-0.2, 0) is 23.8 Å². The van der Waals surface area contributed by atoms with Crippen molar-refractivity contribution in [2.45, 2.75) is 25.9 Å². The van der Waals surface area contributed by atoms with Crippen LogP contribution in [0.1, 0.15) is 34.0 Å². The predicted molar refractivity (Wildman–Crippen MR) is 86.3 cm³/mol. The Morgan fingerprint density at radius 1 is 1.08 bits per heavy atom. The van der Waals surface area contributed by atoms with Gasteiger partial charge in [0, 0.05) is 5.02 Å². The average molecular weight is 357 g/mol. The molecule has 2 rings (SSSR count). The van der Waals surface area contributed by atoms with Crippen LogP contribution in [0.5, 0.6) is 0 Å². The van der Waals surface area contributed by atoms with Crippen molar-refractivity contribution < 1.29 is 22.7 Å². The van der Waals surface area contributed by atoms with Gasteiger partial charge in [0.1, 0.15) is 0 Å². The number of hydrogen-bond acceptors (Lipinski definition) is 2. The second-order valence-corrected chi connectivity index (χ2v) is 5.59. The van der Waals surface area contributed by atoms with Crippen molar-refractivity contribution in [2.24, 2.45) is 0 Å². The van der Waals surface area contributed by atoms with Crippen LogP contribution in [-0.4, -0.2) is 12.6 Å². The standard InChI is InChI=1S/C18H16ClF3O2/c1-2-24-17(23)14-9-10-16(19)13(11-14)8-7-12-5-3-4-6-15(12)18(20,21)22/h3-6,9-11H,2,7-8H2,1H3. The third kappa shape index (κ3) is 4.51. The van der Waals surface area contributed by atoms with E-state index in [9.17, 15) is 18.0 Å². The number of esters is 1. The number of benzene rings is 2. The van der Waals surface area contributed by atoms with Crippen molar-refractivity contribution >= 4 is 17.6 Å². The summed E-state index contributed by atoms with van der Waals surface area (Å²) in [7, 11) is 0. The molecule has 0 bridgehead atoms. The molecule has 128 valence electrons. The lowest BCUT2D eigenvalue weighted by Gasteiger charge is -2.13. The largest absolute Gasteiger partial charge is 0.462 e. The Morgan fingerprint density at radius 2 is 1.75 bits per heavy atom. The lowest BCUT2D eigenvalue weighted by Crippen LogP contribution is -2.10. The molecule has 0 heterocycles. The molecule has 0 unspecified atom stereocenters. The molecule has 2 aromatic rings. The van der Waals surface area contributed by atoms with Crippen LogP contribution < -0.4 is 0 Å². The minimum Gasteiger partial charge on any atom is -0.462 e. The Bertz CT molecular complexity index is 726. The Kier molecular flexibility index (Phi) is 5.89. The molecule has 0 aliphatic rings. The van der Waals surface area contributed by atoms with Crippen molar-refractivity contribution in [3.05, 3.63) is 69.7 Å². The second-order valence-electron chi connectivity index (χ2n) is 5.18. The van der Waals surface area contributed by atoms with E-state index in [1.54, 1.807) is 25.1 Å². The van der Waals surface area contributed by atoms with Gasteiger partial charge in [0.05, 0.1) is 17.7 Å². The Hall–Kier alpha value is -2.01. The van der Waals surface area contributed by atoms with Gasteiger partial charge in [0.2, 0.25) is 0 Å². The van der Waals surface area contributed by atoms with Crippen LogP contribution in [0.2, 0.25) is 5.02 Å². The van der Waals surface area contributed by atoms with Crippen LogP contribution in [0.25, 0.3) is 0 Å². The summed E-state index contributed by atoms with van der Waals surface area (Å²) < 4.78 is 44.0. The first kappa shape index (κ1) is 18.3. The third-order valence-corrected chi connectivity index (χ3v) is 3.91. The topological polar surface area (TPSA) is 26.3 Å². The van der Waals surface area contributed by atoms with Crippen LogP contribution in [0.3, 0.4) is 0 Å². The number of rotatable bonds is 5. The molecule has 6 heteroatoms. The van der Waals surface area contributed by atoms with Crippen molar-refractivity contribution in [2.75, 3.05) is 6.61 Å². The number of alkyl halides is 3. The molecular formula is C18H16ClF3O2. The summed E-state index contributed by atoms with van der Waals surface area (Å²) in [6.45, 7) is 1.94. The highest BCUT2D eigenvalue weighted by molar-refractivity contribution is 6.31. The zero-order valence-electron chi connectivity index (χ0n) is 13.0. The van der Waals surface area contributed by atoms with Crippen LogP contribution in [0.15, 0.2) is 42.5 Å². The van der Waals surface area contributed by atoms with Gasteiger partial charge in [-0.2, -0.15) is 13.2 Å². The number of halogens is 4. The van der Waals surface area contributed by atoms with E-state index < -0.39 is 17.7 Å². The molecule has 24 heavy (non-hydrogen) atoms. The van der Waals surface area contributed by atoms with Crippen molar-refractivity contribution in [1.29, 1.82) is 0 Å². The first-order valence-corrected chi connectivity index (χ1v) is 7.81. The van der Waals surface area contributed by atoms with Gasteiger partial charge in [-0.1, -0.05) is 29.8 Å². The molecule has 2 aromatic carbocycles. The Balaban J connectivity index is 2.21. The minimum absolute atomic E-state index is 0.168. The van der Waals surface area contributed by atoms with Crippen LogP contribution in [0.4, 0.5) is 13.2 Å². The lowest BCUT2D eigenvalue weighted by molar-refractivity contribution is -0.138. The smallest absolute Gasteiger partial charge is 0.416 e. The highest BCUT2D eigenvalue weighted by Gasteiger charge is 2.32. The van der Waals surface area contributed by atoms with E-state index in [-0.39, 0.29) is 18.6 Å². The number of aryl methyl sites for hydroxylation is 2. The summed E-state index contributed by atoms with van der Waals surface area (Å²) in [6, 6.07) is 10.1. The molecule has 0 atom stereocenters. The molecule has 0 saturated carbocycles. The second kappa shape index (κ2) is 7.71. The van der Waals surface area contributed by atoms with E-state index in [2.05, 4.69) is 0 Å². The van der Waals surface area contributed by atoms with E-state index in [1.807, 2.05) is 0 Å². The molecule has 0 amide bonds. The summed E-state index contributed by atoms with van der Waals surface area (Å²) in [6.07, 6.45) is -3.94. The summed E-state index contributed by atoms with van der Waals surface area (Å²) in [5, 5.41) is 0.410. The summed E-state index contributed by atoms with van der Waals surface area (Å²) in [4.78, 5) is 11.8. The van der Waals surface area contributed by atoms with Gasteiger partial charge in [0.25, 0.3) is 0 Å². The minimum atomic E-state index is -4.40. The number of carbonyl (C=O) groups excluding carboxylic acids is 1. The lowest BCUT2D eigenvalue weighted by atomic mass is 9.98. The van der Waals surface area contributed by atoms with E-state index in [4.69, 9.17) is 16.3 Å². The predicted octanol–water partition coefficient (Wildman–Crippen LogP) is 5.32. The summed E-state index contributed by atoms with van der Waals surface area (Å²) in [5.41, 5.74) is 0.491. The number of carbonyl (C=O) groups is 1. The van der Waals surface area contributed by atoms with E-state index in [0.29, 0.717) is 22.6 Å². The third-order valence-electron chi connectivity index (χ3n) is 3.54. The van der Waals surface area contributed by atoms with Gasteiger partial charge < -0.3 is 4.74 Å². The molecule has 0 fully saturated rings. The first-order valence-electron chi connectivity index (χ1n) is 7.43. The zero-order valence-corrected chi connectivity index (χ0v) is 13.7. The Labute approximate surface area is 143 Å². The van der Waals surface area contributed by atoms with Gasteiger partial charge in [-0.3, -0.25) is 0 Å². The van der Waals surface area contributed by atoms with E-state index >= 15 is 0 Å². The molecule has 2 nitrogen and oxygen atoms in total. The highest BCUT2D eigenvalue weighted by atomic mass is 35.5. The maximum absolute atomic E-state index is 13.0. The molecule has 0 aromatic heterocycles. The zero-order chi connectivity index (χ0) is 17.7. The summed E-state index contributed by atoms with van der Waals surface area (Å²) >= 11 is 6.10. The van der Waals surface area contributed by atoms with Gasteiger partial charge in [0.15, 0.2) is 0 Å². The average Bonchev–Trinajstić information content (AvgIpc) is 2.53. The van der Waals surface area contributed by atoms with Crippen LogP contribution in [0, 0.1) is 0 Å². The van der Waals surface area contributed by atoms with Crippen molar-refractivity contribution in [3.63, 3.8) is 0 Å². The monoisotopic (exact) mass is 356 g/mol. The maximum Gasteiger partial charge on any atom is 0.416 e. The first-order chi connectivity index (χ1) is 11.3. The summed E-state index contributed by atoms with van der Waals surface area (Å²) in [5.74, 6) is -0.480. The van der Waals surface area contributed by atoms with Gasteiger partial charge in [-0.05, 0) is 55.2 Å². The fourth-order valence-corrected chi connectivity index (χ4v) is 2.60. The van der Waals surface area contributed by atoms with Gasteiger partial charge >= 0.3 is 12.1 Å². The van der Waals surface area contributed by atoms with E-state index in [1.165, 1.54) is 18.2 Å². The maximum atomic E-state index is 13.0. The molecule has 0 spiro atoms. The number of hydrogen-bond donors (Lipinski definition) is 0. The molecular weight excluding hydrogens is 341 g/mol. The van der Waals surface area contributed by atoms with Crippen molar-refractivity contribution in [3.8, 4) is 0 Å². The SMILES string of the molecule is CCOC(=O)c1ccc(Cl)c(CCc2ccccc2C(F)(F)F)c1. The van der Waals surface area contributed by atoms with E-state index in [0.717, 1.165) is 6.07 Å². The molecule has 0 aliphatic heterocycles. The fraction of sp³-hybridized carbons (Fsp3) is 0.278. The highest BCUT2D eigenvalue weighted by Crippen LogP contribution is 2.32. The van der Waals surface area contributed by atoms with Crippen LogP contribution >= 0.6 is 11.6 Å². The molecule has 0 aliphatic carbocycles. The quantitative estimate of drug-likeness (QED) is 0.678. The number of ether oxygens (including phenoxy) is 1. The molecule has 0 radical (unpaired) electrons. The molecule has 0 saturated heterocycles. The van der Waals surface area contributed by atoms with Gasteiger partial charge in [-0.25, -0.2) is 4.79 Å². The van der Waals surface area contributed by atoms with Crippen molar-refractivity contribution in [1.82, 2.24) is 0 Å². The Morgan fingerprint density at radius 3 is 2.42 bits per heavy atom.